The normalized spacial score (nSPS) is 23.5. The van der Waals surface area contributed by atoms with Gasteiger partial charge in [-0.2, -0.15) is 5.26 Å². The lowest BCUT2D eigenvalue weighted by Gasteiger charge is -2.35. The van der Waals surface area contributed by atoms with Crippen molar-refractivity contribution in [2.24, 2.45) is 5.92 Å². The van der Waals surface area contributed by atoms with Crippen LogP contribution in [0.1, 0.15) is 49.6 Å². The molecule has 2 fully saturated rings. The second-order valence-corrected chi connectivity index (χ2v) is 6.93. The van der Waals surface area contributed by atoms with Gasteiger partial charge in [-0.3, -0.25) is 4.79 Å². The Hall–Kier alpha value is -2.29. The van der Waals surface area contributed by atoms with Gasteiger partial charge in [-0.05, 0) is 31.6 Å². The van der Waals surface area contributed by atoms with Crippen LogP contribution in [0.2, 0.25) is 0 Å². The molecule has 0 radical (unpaired) electrons. The van der Waals surface area contributed by atoms with E-state index in [1.807, 2.05) is 4.90 Å². The molecule has 1 unspecified atom stereocenters. The minimum atomic E-state index is 0.239. The lowest BCUT2D eigenvalue weighted by atomic mass is 10.0. The first-order chi connectivity index (χ1) is 11.7. The minimum absolute atomic E-state index is 0.239. The fourth-order valence-corrected chi connectivity index (χ4v) is 3.50. The molecule has 126 valence electrons. The highest BCUT2D eigenvalue weighted by atomic mass is 16.4. The average Bonchev–Trinajstić information content (AvgIpc) is 3.17. The molecule has 1 aliphatic heterocycles. The van der Waals surface area contributed by atoms with Crippen molar-refractivity contribution in [3.8, 4) is 6.07 Å². The first kappa shape index (κ1) is 15.3. The fraction of sp³-hybridized carbons (Fsp3) is 0.611. The van der Waals surface area contributed by atoms with Crippen molar-refractivity contribution >= 4 is 11.8 Å². The van der Waals surface area contributed by atoms with E-state index in [0.29, 0.717) is 61.9 Å². The highest BCUT2D eigenvalue weighted by molar-refractivity contribution is 5.77. The molecule has 1 aromatic rings. The maximum atomic E-state index is 12.4. The number of anilines is 1. The highest BCUT2D eigenvalue weighted by Gasteiger charge is 2.33. The van der Waals surface area contributed by atoms with Crippen molar-refractivity contribution in [1.82, 2.24) is 9.88 Å². The summed E-state index contributed by atoms with van der Waals surface area (Å²) < 4.78 is 5.85. The lowest BCUT2D eigenvalue weighted by molar-refractivity contribution is -0.132. The fourth-order valence-electron chi connectivity index (χ4n) is 3.50. The second-order valence-electron chi connectivity index (χ2n) is 6.93. The summed E-state index contributed by atoms with van der Waals surface area (Å²) in [6, 6.07) is 2.14. The number of piperazine rings is 1. The zero-order valence-corrected chi connectivity index (χ0v) is 13.8. The molecule has 0 spiro atoms. The van der Waals surface area contributed by atoms with Gasteiger partial charge in [-0.1, -0.05) is 12.2 Å². The molecule has 24 heavy (non-hydrogen) atoms. The summed E-state index contributed by atoms with van der Waals surface area (Å²) in [5.41, 5.74) is 0.382. The number of aromatic nitrogens is 1. The zero-order chi connectivity index (χ0) is 16.5. The van der Waals surface area contributed by atoms with Crippen LogP contribution in [0.15, 0.2) is 16.6 Å². The van der Waals surface area contributed by atoms with Gasteiger partial charge in [0.25, 0.3) is 0 Å². The molecule has 1 saturated carbocycles. The van der Waals surface area contributed by atoms with E-state index < -0.39 is 0 Å². The summed E-state index contributed by atoms with van der Waals surface area (Å²) in [7, 11) is 0. The molecule has 4 rings (SSSR count). The molecule has 2 heterocycles. The van der Waals surface area contributed by atoms with Gasteiger partial charge in [0.05, 0.1) is 0 Å². The van der Waals surface area contributed by atoms with Crippen LogP contribution in [-0.2, 0) is 4.79 Å². The summed E-state index contributed by atoms with van der Waals surface area (Å²) in [4.78, 5) is 20.7. The van der Waals surface area contributed by atoms with Crippen LogP contribution in [0, 0.1) is 17.2 Å². The first-order valence-electron chi connectivity index (χ1n) is 8.85. The Morgan fingerprint density at radius 2 is 2.08 bits per heavy atom. The predicted octanol–water partition coefficient (Wildman–Crippen LogP) is 2.43. The Labute approximate surface area is 141 Å². The van der Waals surface area contributed by atoms with E-state index in [4.69, 9.17) is 4.42 Å². The van der Waals surface area contributed by atoms with E-state index in [1.165, 1.54) is 0 Å². The average molecular weight is 326 g/mol. The van der Waals surface area contributed by atoms with E-state index >= 15 is 0 Å². The Morgan fingerprint density at radius 3 is 2.71 bits per heavy atom. The van der Waals surface area contributed by atoms with E-state index in [-0.39, 0.29) is 5.91 Å². The Bertz CT molecular complexity index is 690. The standard InChI is InChI=1S/C18H22N4O2/c19-12-15-18(24-17(20-15)14-5-6-14)22-9-7-21(8-10-22)16(23)11-13-3-1-2-4-13/h1,3,13-14H,2,4-11H2. The van der Waals surface area contributed by atoms with Gasteiger partial charge in [0.2, 0.25) is 23.4 Å². The molecule has 6 nitrogen and oxygen atoms in total. The van der Waals surface area contributed by atoms with Crippen LogP contribution in [0.25, 0.3) is 0 Å². The van der Waals surface area contributed by atoms with Gasteiger partial charge >= 0.3 is 0 Å². The molecule has 1 atom stereocenters. The number of hydrogen-bond donors (Lipinski definition) is 0. The molecule has 2 aliphatic carbocycles. The maximum absolute atomic E-state index is 12.4. The van der Waals surface area contributed by atoms with E-state index in [9.17, 15) is 10.1 Å². The Balaban J connectivity index is 1.36. The van der Waals surface area contributed by atoms with E-state index in [2.05, 4.69) is 28.1 Å². The van der Waals surface area contributed by atoms with Crippen LogP contribution in [0.5, 0.6) is 0 Å². The van der Waals surface area contributed by atoms with Crippen molar-refractivity contribution in [3.63, 3.8) is 0 Å². The van der Waals surface area contributed by atoms with Crippen LogP contribution in [0.4, 0.5) is 5.88 Å². The third kappa shape index (κ3) is 3.03. The number of rotatable bonds is 4. The summed E-state index contributed by atoms with van der Waals surface area (Å²) >= 11 is 0. The molecule has 0 aromatic carbocycles. The molecule has 6 heteroatoms. The number of nitrogens with zero attached hydrogens (tertiary/aromatic N) is 4. The van der Waals surface area contributed by atoms with Crippen molar-refractivity contribution < 1.29 is 9.21 Å². The van der Waals surface area contributed by atoms with E-state index in [0.717, 1.165) is 25.7 Å². The van der Waals surface area contributed by atoms with Gasteiger partial charge in [0.15, 0.2) is 0 Å². The topological polar surface area (TPSA) is 73.4 Å². The van der Waals surface area contributed by atoms with Crippen molar-refractivity contribution in [3.05, 3.63) is 23.7 Å². The quantitative estimate of drug-likeness (QED) is 0.795. The number of allylic oxidation sites excluding steroid dienone is 2. The number of carbonyl (C=O) groups is 1. The van der Waals surface area contributed by atoms with E-state index in [1.54, 1.807) is 0 Å². The van der Waals surface area contributed by atoms with Crippen molar-refractivity contribution in [2.45, 2.75) is 38.0 Å². The predicted molar refractivity (Wildman–Crippen MR) is 88.5 cm³/mol. The summed E-state index contributed by atoms with van der Waals surface area (Å²) in [6.45, 7) is 2.75. The smallest absolute Gasteiger partial charge is 0.234 e. The zero-order valence-electron chi connectivity index (χ0n) is 13.8. The molecule has 1 amide bonds. The lowest BCUT2D eigenvalue weighted by Crippen LogP contribution is -2.49. The third-order valence-corrected chi connectivity index (χ3v) is 5.13. The highest BCUT2D eigenvalue weighted by Crippen LogP contribution is 2.41. The molecular formula is C18H22N4O2. The van der Waals surface area contributed by atoms with Crippen LogP contribution >= 0.6 is 0 Å². The summed E-state index contributed by atoms with van der Waals surface area (Å²) in [5, 5.41) is 9.29. The largest absolute Gasteiger partial charge is 0.423 e. The van der Waals surface area contributed by atoms with Gasteiger partial charge in [0, 0.05) is 38.5 Å². The molecule has 0 bridgehead atoms. The third-order valence-electron chi connectivity index (χ3n) is 5.13. The van der Waals surface area contributed by atoms with Gasteiger partial charge < -0.3 is 14.2 Å². The monoisotopic (exact) mass is 326 g/mol. The van der Waals surface area contributed by atoms with Gasteiger partial charge in [0.1, 0.15) is 6.07 Å². The number of amides is 1. The molecule has 1 aromatic heterocycles. The van der Waals surface area contributed by atoms with Crippen molar-refractivity contribution in [2.75, 3.05) is 31.1 Å². The summed E-state index contributed by atoms with van der Waals surface area (Å²) in [6.07, 6.45) is 9.35. The van der Waals surface area contributed by atoms with Crippen LogP contribution in [-0.4, -0.2) is 42.0 Å². The molecule has 3 aliphatic rings. The Kier molecular flexibility index (Phi) is 4.01. The molecule has 1 saturated heterocycles. The van der Waals surface area contributed by atoms with Gasteiger partial charge in [-0.25, -0.2) is 4.98 Å². The van der Waals surface area contributed by atoms with Gasteiger partial charge in [-0.15, -0.1) is 0 Å². The van der Waals surface area contributed by atoms with Crippen LogP contribution < -0.4 is 4.90 Å². The second kappa shape index (κ2) is 6.31. The number of nitriles is 1. The maximum Gasteiger partial charge on any atom is 0.234 e. The summed E-state index contributed by atoms with van der Waals surface area (Å²) in [5.74, 6) is 2.34. The number of carbonyl (C=O) groups excluding carboxylic acids is 1. The first-order valence-corrected chi connectivity index (χ1v) is 8.85. The Morgan fingerprint density at radius 1 is 1.29 bits per heavy atom. The number of oxazole rings is 1. The molecule has 0 N–H and O–H groups in total. The minimum Gasteiger partial charge on any atom is -0.423 e. The molecular weight excluding hydrogens is 304 g/mol. The van der Waals surface area contributed by atoms with Crippen LogP contribution in [0.3, 0.4) is 0 Å². The number of hydrogen-bond acceptors (Lipinski definition) is 5. The SMILES string of the molecule is N#Cc1nc(C2CC2)oc1N1CCN(C(=O)CC2C=CCC2)CC1. The van der Waals surface area contributed by atoms with Crippen molar-refractivity contribution in [1.29, 1.82) is 5.26 Å².